The molecule has 0 fully saturated rings. The molecule has 130 valence electrons. The van der Waals surface area contributed by atoms with Crippen LogP contribution in [0.15, 0.2) is 42.5 Å². The van der Waals surface area contributed by atoms with Crippen molar-refractivity contribution in [2.24, 2.45) is 0 Å². The molecule has 8 heteroatoms. The van der Waals surface area contributed by atoms with Crippen molar-refractivity contribution in [3.8, 4) is 11.5 Å². The molecular weight excluding hydrogens is 333 g/mol. The molecule has 0 saturated heterocycles. The summed E-state index contributed by atoms with van der Waals surface area (Å²) in [6, 6.07) is 10.7. The van der Waals surface area contributed by atoms with Crippen LogP contribution in [0, 0.1) is 0 Å². The fourth-order valence-electron chi connectivity index (χ4n) is 2.55. The number of aromatic hydroxyl groups is 2. The van der Waals surface area contributed by atoms with Crippen LogP contribution in [0.2, 0.25) is 0 Å². The van der Waals surface area contributed by atoms with E-state index in [0.717, 1.165) is 5.56 Å². The molecule has 0 spiro atoms. The van der Waals surface area contributed by atoms with Gasteiger partial charge in [0.1, 0.15) is 11.5 Å². The summed E-state index contributed by atoms with van der Waals surface area (Å²) in [4.78, 5) is 18.1. The molecule has 0 aliphatic rings. The first-order valence-corrected chi connectivity index (χ1v) is 8.91. The van der Waals surface area contributed by atoms with Crippen molar-refractivity contribution in [1.29, 1.82) is 0 Å². The van der Waals surface area contributed by atoms with Gasteiger partial charge in [0.05, 0.1) is 11.8 Å². The number of phenols is 2. The van der Waals surface area contributed by atoms with Crippen molar-refractivity contribution in [2.45, 2.75) is 25.4 Å². The van der Waals surface area contributed by atoms with Gasteiger partial charge in [-0.1, -0.05) is 25.1 Å². The Labute approximate surface area is 139 Å². The van der Waals surface area contributed by atoms with Crippen molar-refractivity contribution in [2.75, 3.05) is 5.09 Å². The lowest BCUT2D eigenvalue weighted by molar-refractivity contribution is 0.157. The molecule has 2 atom stereocenters. The molecule has 0 heterocycles. The molecule has 0 saturated carbocycles. The van der Waals surface area contributed by atoms with Crippen molar-refractivity contribution in [3.05, 3.63) is 53.6 Å². The third kappa shape index (κ3) is 4.72. The maximum atomic E-state index is 11.2. The van der Waals surface area contributed by atoms with Crippen molar-refractivity contribution >= 4 is 13.4 Å². The number of aliphatic hydroxyl groups excluding tert-OH is 1. The number of phenolic OH excluding ortho intramolecular Hbond substituents is 2. The quantitative estimate of drug-likeness (QED) is 0.440. The van der Waals surface area contributed by atoms with Gasteiger partial charge in [-0.25, -0.2) is 4.57 Å². The summed E-state index contributed by atoms with van der Waals surface area (Å²) in [5.41, 5.74) is 0.895. The fourth-order valence-corrected chi connectivity index (χ4v) is 3.06. The third-order valence-corrected chi connectivity index (χ3v) is 4.25. The summed E-state index contributed by atoms with van der Waals surface area (Å²) in [5, 5.41) is 31.8. The number of hydrogen-bond acceptors (Lipinski definition) is 4. The lowest BCUT2D eigenvalue weighted by Crippen LogP contribution is -2.07. The van der Waals surface area contributed by atoms with Crippen LogP contribution in [0.25, 0.3) is 0 Å². The van der Waals surface area contributed by atoms with Crippen LogP contribution in [0.1, 0.15) is 36.5 Å². The van der Waals surface area contributed by atoms with E-state index < -0.39 is 13.9 Å². The van der Waals surface area contributed by atoms with Crippen LogP contribution in [-0.4, -0.2) is 25.1 Å². The fraction of sp³-hybridized carbons (Fsp3) is 0.250. The first kappa shape index (κ1) is 18.3. The predicted molar refractivity (Wildman–Crippen MR) is 89.9 cm³/mol. The van der Waals surface area contributed by atoms with E-state index in [1.54, 1.807) is 24.3 Å². The average molecular weight is 353 g/mol. The van der Waals surface area contributed by atoms with Gasteiger partial charge in [-0.3, -0.25) is 5.09 Å². The van der Waals surface area contributed by atoms with Gasteiger partial charge in [-0.2, -0.15) is 0 Å². The zero-order chi connectivity index (χ0) is 17.9. The SMILES string of the molecule is CC(CC(O)c1c(O)cccc1NP(=O)(O)O)c1ccc(O)cc1. The topological polar surface area (TPSA) is 130 Å². The second-order valence-corrected chi connectivity index (χ2v) is 6.95. The molecule has 0 aromatic heterocycles. The van der Waals surface area contributed by atoms with Crippen LogP contribution >= 0.6 is 7.75 Å². The Hall–Kier alpha value is -2.05. The van der Waals surface area contributed by atoms with Gasteiger partial charge in [-0.15, -0.1) is 0 Å². The molecule has 24 heavy (non-hydrogen) atoms. The minimum atomic E-state index is -4.57. The highest BCUT2D eigenvalue weighted by Crippen LogP contribution is 2.42. The second kappa shape index (κ2) is 7.23. The highest BCUT2D eigenvalue weighted by atomic mass is 31.2. The summed E-state index contributed by atoms with van der Waals surface area (Å²) in [5.74, 6) is -0.220. The normalized spacial score (nSPS) is 14.2. The van der Waals surface area contributed by atoms with Crippen LogP contribution in [0.4, 0.5) is 5.69 Å². The van der Waals surface area contributed by atoms with E-state index in [0.29, 0.717) is 0 Å². The second-order valence-electron chi connectivity index (χ2n) is 5.64. The average Bonchev–Trinajstić information content (AvgIpc) is 2.46. The molecule has 2 aromatic carbocycles. The van der Waals surface area contributed by atoms with Crippen LogP contribution < -0.4 is 5.09 Å². The number of aliphatic hydroxyl groups is 1. The lowest BCUT2D eigenvalue weighted by atomic mass is 9.91. The molecule has 7 nitrogen and oxygen atoms in total. The van der Waals surface area contributed by atoms with Gasteiger partial charge in [-0.05, 0) is 42.2 Å². The first-order chi connectivity index (χ1) is 11.2. The molecular formula is C16H20NO6P. The Morgan fingerprint density at radius 3 is 2.29 bits per heavy atom. The zero-order valence-electron chi connectivity index (χ0n) is 13.0. The summed E-state index contributed by atoms with van der Waals surface area (Å²) >= 11 is 0. The Morgan fingerprint density at radius 1 is 1.08 bits per heavy atom. The highest BCUT2D eigenvalue weighted by molar-refractivity contribution is 7.53. The molecule has 0 aliphatic heterocycles. The Kier molecular flexibility index (Phi) is 5.51. The Morgan fingerprint density at radius 2 is 1.71 bits per heavy atom. The van der Waals surface area contributed by atoms with E-state index >= 15 is 0 Å². The number of anilines is 1. The van der Waals surface area contributed by atoms with Gasteiger partial charge in [0.15, 0.2) is 0 Å². The van der Waals surface area contributed by atoms with E-state index in [2.05, 4.69) is 0 Å². The largest absolute Gasteiger partial charge is 0.508 e. The number of nitrogens with one attached hydrogen (secondary N) is 1. The van der Waals surface area contributed by atoms with Crippen LogP contribution in [0.3, 0.4) is 0 Å². The van der Waals surface area contributed by atoms with E-state index in [9.17, 15) is 19.9 Å². The van der Waals surface area contributed by atoms with Crippen molar-refractivity contribution < 1.29 is 29.7 Å². The number of rotatable bonds is 6. The van der Waals surface area contributed by atoms with Gasteiger partial charge in [0, 0.05) is 5.56 Å². The van der Waals surface area contributed by atoms with E-state index in [1.165, 1.54) is 18.2 Å². The van der Waals surface area contributed by atoms with Gasteiger partial charge >= 0.3 is 7.75 Å². The first-order valence-electron chi connectivity index (χ1n) is 7.30. The Bertz CT molecular complexity index is 743. The summed E-state index contributed by atoms with van der Waals surface area (Å²) in [6.45, 7) is 1.87. The molecule has 2 unspecified atom stereocenters. The maximum Gasteiger partial charge on any atom is 0.427 e. The van der Waals surface area contributed by atoms with Gasteiger partial charge < -0.3 is 25.1 Å². The van der Waals surface area contributed by atoms with Crippen LogP contribution in [-0.2, 0) is 4.57 Å². The highest BCUT2D eigenvalue weighted by Gasteiger charge is 2.23. The molecule has 2 aromatic rings. The summed E-state index contributed by atoms with van der Waals surface area (Å²) in [6.07, 6.45) is -0.915. The molecule has 0 radical (unpaired) electrons. The number of benzene rings is 2. The minimum Gasteiger partial charge on any atom is -0.508 e. The maximum absolute atomic E-state index is 11.2. The van der Waals surface area contributed by atoms with Crippen LogP contribution in [0.5, 0.6) is 11.5 Å². The van der Waals surface area contributed by atoms with Crippen molar-refractivity contribution in [3.63, 3.8) is 0 Å². The smallest absolute Gasteiger partial charge is 0.427 e. The number of hydrogen-bond donors (Lipinski definition) is 6. The molecule has 6 N–H and O–H groups in total. The standard InChI is InChI=1S/C16H20NO6P/c1-10(11-5-7-12(18)8-6-11)9-15(20)16-13(17-24(21,22)23)3-2-4-14(16)19/h2-8,10,15,18-20H,9H2,1H3,(H3,17,21,22,23). The molecule has 2 rings (SSSR count). The third-order valence-electron chi connectivity index (χ3n) is 3.72. The molecule has 0 amide bonds. The van der Waals surface area contributed by atoms with Crippen molar-refractivity contribution in [1.82, 2.24) is 0 Å². The zero-order valence-corrected chi connectivity index (χ0v) is 13.9. The Balaban J connectivity index is 2.24. The van der Waals surface area contributed by atoms with Gasteiger partial charge in [0.25, 0.3) is 0 Å². The van der Waals surface area contributed by atoms with Gasteiger partial charge in [0.2, 0.25) is 0 Å². The molecule has 0 bridgehead atoms. The van der Waals surface area contributed by atoms with E-state index in [-0.39, 0.29) is 35.1 Å². The van der Waals surface area contributed by atoms with E-state index in [1.807, 2.05) is 12.0 Å². The van der Waals surface area contributed by atoms with E-state index in [4.69, 9.17) is 9.79 Å². The minimum absolute atomic E-state index is 0.0197. The predicted octanol–water partition coefficient (Wildman–Crippen LogP) is 2.83. The summed E-state index contributed by atoms with van der Waals surface area (Å²) in [7, 11) is -4.57. The molecule has 0 aliphatic carbocycles. The monoisotopic (exact) mass is 353 g/mol. The summed E-state index contributed by atoms with van der Waals surface area (Å²) < 4.78 is 11.2. The lowest BCUT2D eigenvalue weighted by Gasteiger charge is -2.21.